The Labute approximate surface area is 367 Å². The number of halogens is 1. The van der Waals surface area contributed by atoms with Gasteiger partial charge >= 0.3 is 12.2 Å². The summed E-state index contributed by atoms with van der Waals surface area (Å²) >= 11 is 6.07. The molecule has 3 aromatic carbocycles. The van der Waals surface area contributed by atoms with Crippen molar-refractivity contribution >= 4 is 29.5 Å². The predicted molar refractivity (Wildman–Crippen MR) is 231 cm³/mol. The average Bonchev–Trinajstić information content (AvgIpc) is 3.76. The van der Waals surface area contributed by atoms with Crippen molar-refractivity contribution in [3.8, 4) is 23.0 Å². The number of aliphatic hydroxyl groups excluding tert-OH is 2. The number of benzene rings is 3. The van der Waals surface area contributed by atoms with E-state index in [9.17, 15) is 19.8 Å². The minimum absolute atomic E-state index is 0.00956. The van der Waals surface area contributed by atoms with Crippen LogP contribution in [0.25, 0.3) is 0 Å². The van der Waals surface area contributed by atoms with E-state index in [1.54, 1.807) is 23.1 Å². The minimum Gasteiger partial charge on any atom is -0.459 e. The molecule has 6 atom stereocenters. The van der Waals surface area contributed by atoms with E-state index in [2.05, 4.69) is 23.1 Å². The number of carbonyl (C=O) groups is 2. The van der Waals surface area contributed by atoms with Gasteiger partial charge in [-0.3, -0.25) is 4.90 Å². The van der Waals surface area contributed by atoms with E-state index >= 15 is 0 Å². The summed E-state index contributed by atoms with van der Waals surface area (Å²) in [5, 5.41) is 27.3. The first kappa shape index (κ1) is 44.8. The number of oxime groups is 1. The largest absolute Gasteiger partial charge is 0.459 e. The molecule has 4 aliphatic rings. The number of ether oxygens (including phenoxy) is 6. The van der Waals surface area contributed by atoms with Crippen LogP contribution in [0.5, 0.6) is 23.0 Å². The summed E-state index contributed by atoms with van der Waals surface area (Å²) in [6.07, 6.45) is 7.09. The number of amides is 2. The highest BCUT2D eigenvalue weighted by Gasteiger charge is 2.65. The summed E-state index contributed by atoms with van der Waals surface area (Å²) < 4.78 is 37.3. The highest BCUT2D eigenvalue weighted by atomic mass is 35.5. The Morgan fingerprint density at radius 2 is 1.76 bits per heavy atom. The van der Waals surface area contributed by atoms with E-state index in [0.717, 1.165) is 47.9 Å². The topological polar surface area (TPSA) is 167 Å². The highest BCUT2D eigenvalue weighted by Crippen LogP contribution is 2.62. The Morgan fingerprint density at radius 1 is 0.984 bits per heavy atom. The Hall–Kier alpha value is -5.28. The molecule has 15 heteroatoms. The summed E-state index contributed by atoms with van der Waals surface area (Å²) in [6, 6.07) is 19.6. The van der Waals surface area contributed by atoms with Crippen molar-refractivity contribution in [1.82, 2.24) is 10.2 Å². The third-order valence-corrected chi connectivity index (χ3v) is 12.2. The van der Waals surface area contributed by atoms with Gasteiger partial charge in [0.2, 0.25) is 12.6 Å². The van der Waals surface area contributed by atoms with Crippen LogP contribution in [0, 0.1) is 17.8 Å². The van der Waals surface area contributed by atoms with Crippen LogP contribution in [0.2, 0.25) is 0 Å². The Bertz CT molecular complexity index is 2080. The number of unbranched alkanes of at least 4 members (excludes halogenated alkanes) is 2. The first-order valence-corrected chi connectivity index (χ1v) is 21.9. The lowest BCUT2D eigenvalue weighted by atomic mass is 9.55. The summed E-state index contributed by atoms with van der Waals surface area (Å²) in [7, 11) is 1.49. The van der Waals surface area contributed by atoms with E-state index in [1.807, 2.05) is 54.6 Å². The number of alkyl halides is 1. The fraction of sp³-hybridized carbons (Fsp3) is 0.468. The lowest BCUT2D eigenvalue weighted by Gasteiger charge is -2.59. The molecule has 3 aromatic rings. The molecule has 0 aromatic heterocycles. The van der Waals surface area contributed by atoms with Crippen molar-refractivity contribution < 1.29 is 53.1 Å². The third-order valence-electron chi connectivity index (χ3n) is 12.0. The first-order valence-electron chi connectivity index (χ1n) is 21.3. The molecule has 332 valence electrons. The van der Waals surface area contributed by atoms with Gasteiger partial charge in [0.05, 0.1) is 24.1 Å². The van der Waals surface area contributed by atoms with Gasteiger partial charge in [-0.15, -0.1) is 18.2 Å². The first-order chi connectivity index (χ1) is 30.3. The van der Waals surface area contributed by atoms with Crippen molar-refractivity contribution in [3.63, 3.8) is 0 Å². The van der Waals surface area contributed by atoms with Crippen molar-refractivity contribution in [2.75, 3.05) is 46.2 Å². The number of aliphatic hydroxyl groups is 2. The number of carbonyl (C=O) groups excluding carboxylic acids is 2. The van der Waals surface area contributed by atoms with Gasteiger partial charge in [-0.2, -0.15) is 0 Å². The standard InChI is InChI=1S/C47H56ClN3O11/c1-3-22-60-47-42(51(46(55)57-23-19-48)29-32-15-17-40-41(24-32)59-30-58-40)27-38(50-56-2)36-25-33(13-7-9-20-52)35(14-8-10-21-53)43(44(36)47)37-26-34(16-18-39(37)62-47)61-45(54)49-28-31-11-5-4-6-12-31/h3-6,11-12,15-18,24-26,33,35,42-44,52-53H,1,7-10,13-14,19-23,27-30H2,2H3,(H,49,54). The molecule has 2 aliphatic carbocycles. The minimum atomic E-state index is -1.54. The van der Waals surface area contributed by atoms with Crippen molar-refractivity contribution in [2.24, 2.45) is 22.9 Å². The van der Waals surface area contributed by atoms with E-state index in [-0.39, 0.29) is 76.4 Å². The quantitative estimate of drug-likeness (QED) is 0.0438. The maximum Gasteiger partial charge on any atom is 0.412 e. The van der Waals surface area contributed by atoms with Gasteiger partial charge in [0.15, 0.2) is 11.5 Å². The fourth-order valence-electron chi connectivity index (χ4n) is 9.48. The summed E-state index contributed by atoms with van der Waals surface area (Å²) in [6.45, 7) is 4.61. The summed E-state index contributed by atoms with van der Waals surface area (Å²) in [4.78, 5) is 34.9. The second-order valence-electron chi connectivity index (χ2n) is 15.8. The van der Waals surface area contributed by atoms with Crippen LogP contribution >= 0.6 is 11.6 Å². The number of hydrogen-bond donors (Lipinski definition) is 3. The molecule has 0 radical (unpaired) electrons. The van der Waals surface area contributed by atoms with E-state index in [1.165, 1.54) is 7.11 Å². The van der Waals surface area contributed by atoms with Crippen LogP contribution < -0.4 is 24.3 Å². The number of allylic oxidation sites excluding steroid dienone is 1. The molecule has 0 spiro atoms. The molecule has 1 saturated carbocycles. The van der Waals surface area contributed by atoms with Crippen LogP contribution in [-0.4, -0.2) is 91.1 Å². The van der Waals surface area contributed by atoms with Gasteiger partial charge in [-0.1, -0.05) is 66.5 Å². The molecular formula is C47H56ClN3O11. The van der Waals surface area contributed by atoms with Gasteiger partial charge in [-0.25, -0.2) is 9.59 Å². The molecule has 62 heavy (non-hydrogen) atoms. The molecule has 3 N–H and O–H groups in total. The van der Waals surface area contributed by atoms with Gasteiger partial charge in [0.25, 0.3) is 0 Å². The number of fused-ring (bicyclic) bond motifs is 3. The van der Waals surface area contributed by atoms with Crippen molar-refractivity contribution in [1.29, 1.82) is 0 Å². The van der Waals surface area contributed by atoms with E-state index in [0.29, 0.717) is 41.6 Å². The molecule has 7 rings (SSSR count). The Kier molecular flexibility index (Phi) is 15.3. The second-order valence-corrected chi connectivity index (χ2v) is 16.2. The number of hydrogen-bond acceptors (Lipinski definition) is 12. The van der Waals surface area contributed by atoms with Gasteiger partial charge < -0.3 is 48.8 Å². The zero-order valence-electron chi connectivity index (χ0n) is 35.0. The van der Waals surface area contributed by atoms with Crippen molar-refractivity contribution in [2.45, 2.75) is 75.8 Å². The van der Waals surface area contributed by atoms with Crippen LogP contribution in [0.1, 0.15) is 67.6 Å². The molecule has 0 bridgehead atoms. The smallest absolute Gasteiger partial charge is 0.412 e. The van der Waals surface area contributed by atoms with Crippen LogP contribution in [0.15, 0.2) is 96.2 Å². The van der Waals surface area contributed by atoms with Crippen molar-refractivity contribution in [3.05, 3.63) is 108 Å². The van der Waals surface area contributed by atoms with E-state index in [4.69, 9.17) is 44.9 Å². The lowest BCUT2D eigenvalue weighted by molar-refractivity contribution is -0.256. The predicted octanol–water partition coefficient (Wildman–Crippen LogP) is 7.84. The third kappa shape index (κ3) is 9.83. The molecule has 0 saturated heterocycles. The number of nitrogens with zero attached hydrogens (tertiary/aromatic N) is 2. The molecule has 6 unspecified atom stereocenters. The maximum absolute atomic E-state index is 14.5. The molecule has 1 fully saturated rings. The zero-order chi connectivity index (χ0) is 43.5. The van der Waals surface area contributed by atoms with Gasteiger partial charge in [0.1, 0.15) is 31.3 Å². The second kappa shape index (κ2) is 21.2. The normalized spacial score (nSPS) is 23.6. The SMILES string of the molecule is C=CCOC12Oc3ccc(OC(=O)NCc4ccccc4)cc3C3C(CCCCO)C(CCCCO)C=C(C(=NOC)CC1N(Cc1ccc4c(c1)OCO4)C(=O)OCCCl)C32. The van der Waals surface area contributed by atoms with Crippen LogP contribution in [0.4, 0.5) is 9.59 Å². The number of rotatable bonds is 20. The van der Waals surface area contributed by atoms with Gasteiger partial charge in [-0.05, 0) is 84.6 Å². The monoisotopic (exact) mass is 873 g/mol. The maximum atomic E-state index is 14.5. The molecule has 14 nitrogen and oxygen atoms in total. The molecule has 2 amide bonds. The molecule has 2 aliphatic heterocycles. The van der Waals surface area contributed by atoms with E-state index < -0.39 is 29.9 Å². The summed E-state index contributed by atoms with van der Waals surface area (Å²) in [5.74, 6) is -0.415. The Balaban J connectivity index is 1.38. The fourth-order valence-corrected chi connectivity index (χ4v) is 9.56. The highest BCUT2D eigenvalue weighted by molar-refractivity contribution is 6.18. The molecular weight excluding hydrogens is 818 g/mol. The summed E-state index contributed by atoms with van der Waals surface area (Å²) in [5.41, 5.74) is 3.96. The molecule has 2 heterocycles. The Morgan fingerprint density at radius 3 is 2.52 bits per heavy atom. The number of nitrogens with one attached hydrogen (secondary N) is 1. The lowest BCUT2D eigenvalue weighted by Crippen LogP contribution is -2.70. The average molecular weight is 874 g/mol. The van der Waals surface area contributed by atoms with Crippen LogP contribution in [0.3, 0.4) is 0 Å². The zero-order valence-corrected chi connectivity index (χ0v) is 35.8. The van der Waals surface area contributed by atoms with Crippen LogP contribution in [-0.2, 0) is 27.4 Å². The van der Waals surface area contributed by atoms with Gasteiger partial charge in [0, 0.05) is 44.2 Å².